The SMILES string of the molecule is COc1cc(C)c2[nH]c(=O)c3sccc3c2c1-c1ccc(CNC(=O)OC(C)(C)C)cc1. The topological polar surface area (TPSA) is 80.4 Å². The van der Waals surface area contributed by atoms with Crippen molar-refractivity contribution in [2.24, 2.45) is 0 Å². The normalized spacial score (nSPS) is 11.7. The zero-order valence-corrected chi connectivity index (χ0v) is 19.6. The molecule has 0 spiro atoms. The number of hydrogen-bond donors (Lipinski definition) is 2. The summed E-state index contributed by atoms with van der Waals surface area (Å²) in [6, 6.07) is 11.9. The standard InChI is InChI=1S/C25H26N2O4S/c1-14-12-18(30-5)19(20-17-10-11-32-22(17)23(28)27-21(14)20)16-8-6-15(7-9-16)13-26-24(29)31-25(2,3)4/h6-12H,13H2,1-5H3,(H,26,29)(H,27,28). The Morgan fingerprint density at radius 2 is 1.88 bits per heavy atom. The summed E-state index contributed by atoms with van der Waals surface area (Å²) in [7, 11) is 1.65. The first-order chi connectivity index (χ1) is 15.2. The van der Waals surface area contributed by atoms with E-state index in [-0.39, 0.29) is 5.56 Å². The van der Waals surface area contributed by atoms with E-state index in [2.05, 4.69) is 10.3 Å². The van der Waals surface area contributed by atoms with Gasteiger partial charge in [0.15, 0.2) is 0 Å². The van der Waals surface area contributed by atoms with Crippen LogP contribution < -0.4 is 15.6 Å². The molecule has 0 aliphatic heterocycles. The second-order valence-electron chi connectivity index (χ2n) is 8.69. The minimum absolute atomic E-state index is 0.0784. The van der Waals surface area contributed by atoms with Crippen LogP contribution in [0.15, 0.2) is 46.6 Å². The first-order valence-electron chi connectivity index (χ1n) is 10.3. The van der Waals surface area contributed by atoms with Crippen LogP contribution in [-0.2, 0) is 11.3 Å². The van der Waals surface area contributed by atoms with Gasteiger partial charge in [0.25, 0.3) is 5.56 Å². The monoisotopic (exact) mass is 450 g/mol. The quantitative estimate of drug-likeness (QED) is 0.415. The lowest BCUT2D eigenvalue weighted by Crippen LogP contribution is -2.32. The maximum atomic E-state index is 12.5. The summed E-state index contributed by atoms with van der Waals surface area (Å²) >= 11 is 1.43. The van der Waals surface area contributed by atoms with Gasteiger partial charge in [-0.15, -0.1) is 11.3 Å². The predicted octanol–water partition coefficient (Wildman–Crippen LogP) is 5.75. The molecule has 0 unspecified atom stereocenters. The van der Waals surface area contributed by atoms with Gasteiger partial charge in [-0.2, -0.15) is 0 Å². The van der Waals surface area contributed by atoms with Gasteiger partial charge in [-0.3, -0.25) is 4.79 Å². The molecule has 2 aromatic carbocycles. The van der Waals surface area contributed by atoms with Crippen molar-refractivity contribution < 1.29 is 14.3 Å². The lowest BCUT2D eigenvalue weighted by molar-refractivity contribution is 0.0523. The molecule has 166 valence electrons. The van der Waals surface area contributed by atoms with E-state index in [9.17, 15) is 9.59 Å². The molecule has 0 aliphatic carbocycles. The van der Waals surface area contributed by atoms with Crippen molar-refractivity contribution in [2.45, 2.75) is 39.8 Å². The number of nitrogens with one attached hydrogen (secondary N) is 2. The summed E-state index contributed by atoms with van der Waals surface area (Å²) in [5.74, 6) is 0.745. The molecule has 4 aromatic rings. The van der Waals surface area contributed by atoms with E-state index in [1.165, 1.54) is 11.3 Å². The van der Waals surface area contributed by atoms with Crippen molar-refractivity contribution in [3.8, 4) is 16.9 Å². The Morgan fingerprint density at radius 1 is 1.16 bits per heavy atom. The van der Waals surface area contributed by atoms with Crippen molar-refractivity contribution in [1.82, 2.24) is 10.3 Å². The Kier molecular flexibility index (Phi) is 5.69. The van der Waals surface area contributed by atoms with Gasteiger partial charge in [0, 0.05) is 22.9 Å². The zero-order valence-electron chi connectivity index (χ0n) is 18.8. The molecule has 2 heterocycles. The second-order valence-corrected chi connectivity index (χ2v) is 9.61. The number of aryl methyl sites for hydroxylation is 1. The molecule has 1 amide bonds. The molecule has 6 nitrogen and oxygen atoms in total. The van der Waals surface area contributed by atoms with Gasteiger partial charge in [0.1, 0.15) is 16.1 Å². The molecule has 0 saturated carbocycles. The molecule has 0 fully saturated rings. The molecule has 0 radical (unpaired) electrons. The van der Waals surface area contributed by atoms with Crippen LogP contribution in [0.2, 0.25) is 0 Å². The van der Waals surface area contributed by atoms with Crippen LogP contribution in [-0.4, -0.2) is 23.8 Å². The maximum Gasteiger partial charge on any atom is 0.407 e. The summed E-state index contributed by atoms with van der Waals surface area (Å²) < 4.78 is 11.7. The van der Waals surface area contributed by atoms with E-state index in [4.69, 9.17) is 9.47 Å². The number of pyridine rings is 1. The third kappa shape index (κ3) is 4.21. The largest absolute Gasteiger partial charge is 0.496 e. The van der Waals surface area contributed by atoms with Gasteiger partial charge in [-0.05, 0) is 61.9 Å². The summed E-state index contributed by atoms with van der Waals surface area (Å²) in [6.45, 7) is 7.83. The van der Waals surface area contributed by atoms with Crippen molar-refractivity contribution in [1.29, 1.82) is 0 Å². The molecule has 0 atom stereocenters. The first-order valence-corrected chi connectivity index (χ1v) is 11.2. The highest BCUT2D eigenvalue weighted by Gasteiger charge is 2.19. The second kappa shape index (κ2) is 8.31. The van der Waals surface area contributed by atoms with Crippen LogP contribution in [0.4, 0.5) is 4.79 Å². The summed E-state index contributed by atoms with van der Waals surface area (Å²) in [5.41, 5.74) is 3.99. The molecule has 2 N–H and O–H groups in total. The van der Waals surface area contributed by atoms with E-state index in [0.717, 1.165) is 44.3 Å². The zero-order chi connectivity index (χ0) is 23.0. The van der Waals surface area contributed by atoms with Gasteiger partial charge in [-0.25, -0.2) is 4.79 Å². The van der Waals surface area contributed by atoms with E-state index < -0.39 is 11.7 Å². The maximum absolute atomic E-state index is 12.5. The fourth-order valence-corrected chi connectivity index (χ4v) is 4.59. The number of H-pyrrole nitrogens is 1. The molecule has 32 heavy (non-hydrogen) atoms. The van der Waals surface area contributed by atoms with Crippen molar-refractivity contribution in [3.05, 3.63) is 63.3 Å². The van der Waals surface area contributed by atoms with E-state index in [1.54, 1.807) is 7.11 Å². The number of rotatable bonds is 4. The number of alkyl carbamates (subject to hydrolysis) is 1. The van der Waals surface area contributed by atoms with Crippen molar-refractivity contribution >= 4 is 38.4 Å². The van der Waals surface area contributed by atoms with Crippen LogP contribution in [0, 0.1) is 6.92 Å². The lowest BCUT2D eigenvalue weighted by Gasteiger charge is -2.19. The number of aromatic amines is 1. The van der Waals surface area contributed by atoms with E-state index in [1.807, 2.05) is 69.5 Å². The Balaban J connectivity index is 1.75. The Labute approximate surface area is 190 Å². The van der Waals surface area contributed by atoms with Gasteiger partial charge in [0.2, 0.25) is 0 Å². The molecular formula is C25H26N2O4S. The number of ether oxygens (including phenoxy) is 2. The van der Waals surface area contributed by atoms with Gasteiger partial charge in [0.05, 0.1) is 12.6 Å². The number of hydrogen-bond acceptors (Lipinski definition) is 5. The van der Waals surface area contributed by atoms with Crippen LogP contribution in [0.1, 0.15) is 31.9 Å². The predicted molar refractivity (Wildman–Crippen MR) is 130 cm³/mol. The number of thiophene rings is 1. The highest BCUT2D eigenvalue weighted by atomic mass is 32.1. The molecule has 4 rings (SSSR count). The molecule has 7 heteroatoms. The van der Waals surface area contributed by atoms with Crippen molar-refractivity contribution in [3.63, 3.8) is 0 Å². The smallest absolute Gasteiger partial charge is 0.407 e. The summed E-state index contributed by atoms with van der Waals surface area (Å²) in [6.07, 6.45) is -0.448. The third-order valence-electron chi connectivity index (χ3n) is 5.17. The van der Waals surface area contributed by atoms with Gasteiger partial charge < -0.3 is 19.8 Å². The minimum atomic E-state index is -0.537. The Morgan fingerprint density at radius 3 is 2.53 bits per heavy atom. The average molecular weight is 451 g/mol. The Hall–Kier alpha value is -3.32. The van der Waals surface area contributed by atoms with Crippen LogP contribution in [0.25, 0.3) is 32.1 Å². The van der Waals surface area contributed by atoms with Crippen LogP contribution in [0.3, 0.4) is 0 Å². The number of carbonyl (C=O) groups is 1. The molecule has 0 aliphatic rings. The third-order valence-corrected chi connectivity index (χ3v) is 6.08. The van der Waals surface area contributed by atoms with Gasteiger partial charge in [-0.1, -0.05) is 24.3 Å². The van der Waals surface area contributed by atoms with Crippen LogP contribution in [0.5, 0.6) is 5.75 Å². The highest BCUT2D eigenvalue weighted by Crippen LogP contribution is 2.41. The van der Waals surface area contributed by atoms with E-state index in [0.29, 0.717) is 11.2 Å². The fraction of sp³-hybridized carbons (Fsp3) is 0.280. The highest BCUT2D eigenvalue weighted by molar-refractivity contribution is 7.17. The Bertz CT molecular complexity index is 1360. The number of benzene rings is 2. The molecule has 0 bridgehead atoms. The summed E-state index contributed by atoms with van der Waals surface area (Å²) in [5, 5.41) is 6.60. The minimum Gasteiger partial charge on any atom is -0.496 e. The van der Waals surface area contributed by atoms with E-state index >= 15 is 0 Å². The van der Waals surface area contributed by atoms with Crippen LogP contribution >= 0.6 is 11.3 Å². The lowest BCUT2D eigenvalue weighted by atomic mass is 9.94. The van der Waals surface area contributed by atoms with Crippen molar-refractivity contribution in [2.75, 3.05) is 7.11 Å². The number of methoxy groups -OCH3 is 1. The first kappa shape index (κ1) is 21.9. The molecule has 0 saturated heterocycles. The average Bonchev–Trinajstić information content (AvgIpc) is 3.23. The molecular weight excluding hydrogens is 424 g/mol. The molecule has 2 aromatic heterocycles. The number of aromatic nitrogens is 1. The summed E-state index contributed by atoms with van der Waals surface area (Å²) in [4.78, 5) is 27.5. The fourth-order valence-electron chi connectivity index (χ4n) is 3.79. The number of fused-ring (bicyclic) bond motifs is 3. The number of amides is 1. The van der Waals surface area contributed by atoms with Gasteiger partial charge >= 0.3 is 6.09 Å². The number of carbonyl (C=O) groups excluding carboxylic acids is 1.